The maximum absolute atomic E-state index is 6.15. The Morgan fingerprint density at radius 2 is 2.05 bits per heavy atom. The largest absolute Gasteiger partial charge is 0.459 e. The second-order valence-electron chi connectivity index (χ2n) is 6.50. The average molecular weight is 286 g/mol. The van der Waals surface area contributed by atoms with Gasteiger partial charge in [0.15, 0.2) is 0 Å². The molecule has 1 fully saturated rings. The normalized spacial score (nSPS) is 15.5. The molecule has 1 N–H and O–H groups in total. The van der Waals surface area contributed by atoms with Gasteiger partial charge >= 0.3 is 0 Å². The monoisotopic (exact) mass is 286 g/mol. The van der Waals surface area contributed by atoms with Crippen LogP contribution in [0.15, 0.2) is 28.7 Å². The van der Waals surface area contributed by atoms with Gasteiger partial charge in [0, 0.05) is 30.1 Å². The standard InChI is InChI=1S/C18H26N2O/c1-13(2)20(11-14-8-9-14)12-18-16(10-19-3)15-6-4-5-7-17(15)21-18/h4-7,13-14,19H,8-12H2,1-3H3. The fraction of sp³-hybridized carbons (Fsp3) is 0.556. The lowest BCUT2D eigenvalue weighted by Crippen LogP contribution is -2.32. The van der Waals surface area contributed by atoms with E-state index in [1.165, 1.54) is 30.3 Å². The number of hydrogen-bond donors (Lipinski definition) is 1. The third kappa shape index (κ3) is 3.30. The lowest BCUT2D eigenvalue weighted by Gasteiger charge is -2.25. The molecule has 114 valence electrons. The summed E-state index contributed by atoms with van der Waals surface area (Å²) in [6, 6.07) is 8.92. The Hall–Kier alpha value is -1.32. The Labute approximate surface area is 127 Å². The van der Waals surface area contributed by atoms with Gasteiger partial charge in [-0.2, -0.15) is 0 Å². The first-order valence-electron chi connectivity index (χ1n) is 8.07. The minimum Gasteiger partial charge on any atom is -0.459 e. The van der Waals surface area contributed by atoms with Gasteiger partial charge < -0.3 is 9.73 Å². The molecular formula is C18H26N2O. The molecule has 1 heterocycles. The Morgan fingerprint density at radius 1 is 1.29 bits per heavy atom. The van der Waals surface area contributed by atoms with E-state index in [0.717, 1.165) is 30.4 Å². The van der Waals surface area contributed by atoms with E-state index in [-0.39, 0.29) is 0 Å². The summed E-state index contributed by atoms with van der Waals surface area (Å²) in [5, 5.41) is 4.53. The summed E-state index contributed by atoms with van der Waals surface area (Å²) >= 11 is 0. The van der Waals surface area contributed by atoms with Gasteiger partial charge in [0.05, 0.1) is 6.54 Å². The van der Waals surface area contributed by atoms with Gasteiger partial charge in [-0.25, -0.2) is 0 Å². The lowest BCUT2D eigenvalue weighted by molar-refractivity contribution is 0.189. The maximum Gasteiger partial charge on any atom is 0.134 e. The van der Waals surface area contributed by atoms with Crippen molar-refractivity contribution in [2.45, 2.75) is 45.8 Å². The van der Waals surface area contributed by atoms with Crippen LogP contribution < -0.4 is 5.32 Å². The van der Waals surface area contributed by atoms with Crippen LogP contribution in [0.5, 0.6) is 0 Å². The number of nitrogens with zero attached hydrogens (tertiary/aromatic N) is 1. The predicted molar refractivity (Wildman–Crippen MR) is 87.2 cm³/mol. The van der Waals surface area contributed by atoms with E-state index in [1.807, 2.05) is 13.1 Å². The quantitative estimate of drug-likeness (QED) is 0.840. The highest BCUT2D eigenvalue weighted by atomic mass is 16.3. The Morgan fingerprint density at radius 3 is 2.71 bits per heavy atom. The zero-order chi connectivity index (χ0) is 14.8. The van der Waals surface area contributed by atoms with Crippen LogP contribution >= 0.6 is 0 Å². The molecule has 0 atom stereocenters. The van der Waals surface area contributed by atoms with Crippen molar-refractivity contribution < 1.29 is 4.42 Å². The molecule has 3 rings (SSSR count). The molecule has 1 aromatic carbocycles. The summed E-state index contributed by atoms with van der Waals surface area (Å²) in [7, 11) is 2.00. The lowest BCUT2D eigenvalue weighted by atomic mass is 10.1. The van der Waals surface area contributed by atoms with Crippen molar-refractivity contribution in [2.24, 2.45) is 5.92 Å². The first kappa shape index (κ1) is 14.6. The molecule has 0 aliphatic heterocycles. The minimum atomic E-state index is 0.557. The van der Waals surface area contributed by atoms with Gasteiger partial charge in [0.25, 0.3) is 0 Å². The van der Waals surface area contributed by atoms with Gasteiger partial charge in [-0.05, 0) is 45.7 Å². The van der Waals surface area contributed by atoms with Gasteiger partial charge in [-0.1, -0.05) is 18.2 Å². The number of fused-ring (bicyclic) bond motifs is 1. The Bertz CT molecular complexity index is 598. The van der Waals surface area contributed by atoms with E-state index in [9.17, 15) is 0 Å². The van der Waals surface area contributed by atoms with Crippen LogP contribution in [0.3, 0.4) is 0 Å². The fourth-order valence-electron chi connectivity index (χ4n) is 2.92. The Kier molecular flexibility index (Phi) is 4.32. The molecule has 0 amide bonds. The van der Waals surface area contributed by atoms with Crippen LogP contribution in [0.1, 0.15) is 38.0 Å². The molecule has 0 radical (unpaired) electrons. The molecular weight excluding hydrogens is 260 g/mol. The molecule has 0 unspecified atom stereocenters. The summed E-state index contributed by atoms with van der Waals surface area (Å²) in [6.45, 7) is 7.54. The van der Waals surface area contributed by atoms with Crippen molar-refractivity contribution >= 4 is 11.0 Å². The summed E-state index contributed by atoms with van der Waals surface area (Å²) in [4.78, 5) is 2.55. The fourth-order valence-corrected chi connectivity index (χ4v) is 2.92. The molecule has 3 heteroatoms. The number of furan rings is 1. The molecule has 21 heavy (non-hydrogen) atoms. The molecule has 0 spiro atoms. The number of rotatable bonds is 7. The van der Waals surface area contributed by atoms with Gasteiger partial charge in [0.2, 0.25) is 0 Å². The smallest absolute Gasteiger partial charge is 0.134 e. The van der Waals surface area contributed by atoms with Gasteiger partial charge in [0.1, 0.15) is 11.3 Å². The van der Waals surface area contributed by atoms with Crippen molar-refractivity contribution in [2.75, 3.05) is 13.6 Å². The number of benzene rings is 1. The van der Waals surface area contributed by atoms with Crippen LogP contribution in [0.2, 0.25) is 0 Å². The SMILES string of the molecule is CNCc1c(CN(CC2CC2)C(C)C)oc2ccccc12. The second kappa shape index (κ2) is 6.20. The van der Waals surface area contributed by atoms with Crippen molar-refractivity contribution in [3.8, 4) is 0 Å². The predicted octanol–water partition coefficient (Wildman–Crippen LogP) is 3.77. The van der Waals surface area contributed by atoms with E-state index in [2.05, 4.69) is 42.3 Å². The van der Waals surface area contributed by atoms with Crippen LogP contribution in [0.25, 0.3) is 11.0 Å². The third-order valence-electron chi connectivity index (χ3n) is 4.40. The summed E-state index contributed by atoms with van der Waals surface area (Å²) < 4.78 is 6.15. The van der Waals surface area contributed by atoms with Crippen molar-refractivity contribution in [3.05, 3.63) is 35.6 Å². The Balaban J connectivity index is 1.88. The minimum absolute atomic E-state index is 0.557. The summed E-state index contributed by atoms with van der Waals surface area (Å²) in [6.07, 6.45) is 2.79. The average Bonchev–Trinajstić information content (AvgIpc) is 3.22. The van der Waals surface area contributed by atoms with E-state index < -0.39 is 0 Å². The van der Waals surface area contributed by atoms with Crippen molar-refractivity contribution in [3.63, 3.8) is 0 Å². The molecule has 0 saturated heterocycles. The van der Waals surface area contributed by atoms with E-state index >= 15 is 0 Å². The number of nitrogens with one attached hydrogen (secondary N) is 1. The van der Waals surface area contributed by atoms with E-state index in [4.69, 9.17) is 4.42 Å². The van der Waals surface area contributed by atoms with Crippen LogP contribution in [-0.2, 0) is 13.1 Å². The first-order valence-corrected chi connectivity index (χ1v) is 8.07. The van der Waals surface area contributed by atoms with E-state index in [1.54, 1.807) is 0 Å². The van der Waals surface area contributed by atoms with Crippen molar-refractivity contribution in [1.29, 1.82) is 0 Å². The van der Waals surface area contributed by atoms with Crippen LogP contribution in [0.4, 0.5) is 0 Å². The maximum atomic E-state index is 6.15. The molecule has 3 nitrogen and oxygen atoms in total. The zero-order valence-corrected chi connectivity index (χ0v) is 13.4. The zero-order valence-electron chi connectivity index (χ0n) is 13.4. The molecule has 0 bridgehead atoms. The number of hydrogen-bond acceptors (Lipinski definition) is 3. The third-order valence-corrected chi connectivity index (χ3v) is 4.40. The summed E-state index contributed by atoms with van der Waals surface area (Å²) in [5.41, 5.74) is 2.32. The summed E-state index contributed by atoms with van der Waals surface area (Å²) in [5.74, 6) is 2.03. The molecule has 1 aromatic heterocycles. The van der Waals surface area contributed by atoms with Gasteiger partial charge in [-0.3, -0.25) is 4.90 Å². The van der Waals surface area contributed by atoms with Crippen LogP contribution in [0, 0.1) is 5.92 Å². The first-order chi connectivity index (χ1) is 10.2. The molecule has 1 aliphatic carbocycles. The number of para-hydroxylation sites is 1. The van der Waals surface area contributed by atoms with E-state index in [0.29, 0.717) is 6.04 Å². The molecule has 1 aliphatic rings. The highest BCUT2D eigenvalue weighted by Crippen LogP contribution is 2.32. The topological polar surface area (TPSA) is 28.4 Å². The van der Waals surface area contributed by atoms with Gasteiger partial charge in [-0.15, -0.1) is 0 Å². The molecule has 2 aromatic rings. The van der Waals surface area contributed by atoms with Crippen molar-refractivity contribution in [1.82, 2.24) is 10.2 Å². The second-order valence-corrected chi connectivity index (χ2v) is 6.50. The highest BCUT2D eigenvalue weighted by molar-refractivity contribution is 5.82. The molecule has 1 saturated carbocycles. The van der Waals surface area contributed by atoms with Crippen LogP contribution in [-0.4, -0.2) is 24.5 Å². The highest BCUT2D eigenvalue weighted by Gasteiger charge is 2.27.